The van der Waals surface area contributed by atoms with E-state index in [1.54, 1.807) is 0 Å². The van der Waals surface area contributed by atoms with E-state index in [1.165, 1.54) is 0 Å². The summed E-state index contributed by atoms with van der Waals surface area (Å²) in [5.74, 6) is 0.157. The Morgan fingerprint density at radius 1 is 1.25 bits per heavy atom. The minimum atomic E-state index is -3.19. The van der Waals surface area contributed by atoms with Crippen LogP contribution in [0.1, 0.15) is 0 Å². The van der Waals surface area contributed by atoms with E-state index < -0.39 is 10.0 Å². The SMILES string of the molecule is CN(C)CCOCCNS(=O)(=O)CCN1CCNCC1. The van der Waals surface area contributed by atoms with E-state index >= 15 is 0 Å². The molecule has 1 fully saturated rings. The van der Waals surface area contributed by atoms with Crippen LogP contribution in [-0.4, -0.2) is 97.1 Å². The highest BCUT2D eigenvalue weighted by atomic mass is 32.2. The van der Waals surface area contributed by atoms with Crippen molar-refractivity contribution < 1.29 is 13.2 Å². The number of ether oxygens (including phenoxy) is 1. The van der Waals surface area contributed by atoms with Crippen LogP contribution in [0.25, 0.3) is 0 Å². The molecule has 1 heterocycles. The number of hydrogen-bond acceptors (Lipinski definition) is 6. The zero-order valence-corrected chi connectivity index (χ0v) is 13.4. The van der Waals surface area contributed by atoms with Crippen molar-refractivity contribution >= 4 is 10.0 Å². The zero-order chi connectivity index (χ0) is 14.8. The van der Waals surface area contributed by atoms with Gasteiger partial charge in [-0.2, -0.15) is 0 Å². The van der Waals surface area contributed by atoms with Crippen molar-refractivity contribution in [2.24, 2.45) is 0 Å². The van der Waals surface area contributed by atoms with Crippen LogP contribution in [0.3, 0.4) is 0 Å². The Labute approximate surface area is 122 Å². The quantitative estimate of drug-likeness (QED) is 0.473. The smallest absolute Gasteiger partial charge is 0.212 e. The van der Waals surface area contributed by atoms with Gasteiger partial charge in [0.1, 0.15) is 0 Å². The van der Waals surface area contributed by atoms with E-state index in [9.17, 15) is 8.42 Å². The number of hydrogen-bond donors (Lipinski definition) is 2. The van der Waals surface area contributed by atoms with Crippen LogP contribution in [0.5, 0.6) is 0 Å². The summed E-state index contributed by atoms with van der Waals surface area (Å²) in [7, 11) is 0.762. The van der Waals surface area contributed by atoms with Crippen molar-refractivity contribution in [3.8, 4) is 0 Å². The van der Waals surface area contributed by atoms with Gasteiger partial charge in [0.05, 0.1) is 19.0 Å². The summed E-state index contributed by atoms with van der Waals surface area (Å²) in [6, 6.07) is 0. The van der Waals surface area contributed by atoms with Crippen LogP contribution < -0.4 is 10.0 Å². The fourth-order valence-corrected chi connectivity index (χ4v) is 2.91. The molecule has 7 nitrogen and oxygen atoms in total. The van der Waals surface area contributed by atoms with Gasteiger partial charge < -0.3 is 15.0 Å². The lowest BCUT2D eigenvalue weighted by Crippen LogP contribution is -2.46. The molecule has 0 amide bonds. The van der Waals surface area contributed by atoms with Crippen LogP contribution in [0, 0.1) is 0 Å². The molecule has 2 N–H and O–H groups in total. The minimum Gasteiger partial charge on any atom is -0.379 e. The van der Waals surface area contributed by atoms with Gasteiger partial charge in [0.15, 0.2) is 0 Å². The van der Waals surface area contributed by atoms with Gasteiger partial charge in [0, 0.05) is 45.8 Å². The zero-order valence-electron chi connectivity index (χ0n) is 12.6. The van der Waals surface area contributed by atoms with Crippen molar-refractivity contribution in [3.05, 3.63) is 0 Å². The molecule has 1 aliphatic heterocycles. The maximum absolute atomic E-state index is 11.8. The normalized spacial score (nSPS) is 17.8. The Kier molecular flexibility index (Phi) is 8.58. The fraction of sp³-hybridized carbons (Fsp3) is 1.00. The number of rotatable bonds is 10. The molecule has 1 saturated heterocycles. The van der Waals surface area contributed by atoms with Crippen LogP contribution in [-0.2, 0) is 14.8 Å². The minimum absolute atomic E-state index is 0.157. The molecule has 1 rings (SSSR count). The largest absolute Gasteiger partial charge is 0.379 e. The van der Waals surface area contributed by atoms with Crippen LogP contribution in [0.2, 0.25) is 0 Å². The van der Waals surface area contributed by atoms with Gasteiger partial charge in [-0.05, 0) is 14.1 Å². The average molecular weight is 308 g/mol. The Bertz CT molecular complexity index is 343. The molecule has 1 aliphatic rings. The third-order valence-electron chi connectivity index (χ3n) is 3.14. The highest BCUT2D eigenvalue weighted by molar-refractivity contribution is 7.89. The molecule has 0 atom stereocenters. The van der Waals surface area contributed by atoms with E-state index in [-0.39, 0.29) is 5.75 Å². The standard InChI is InChI=1S/C12H28N4O3S/c1-15(2)8-11-19-10-5-14-20(17,18)12-9-16-6-3-13-4-7-16/h13-14H,3-12H2,1-2H3. The number of sulfonamides is 1. The third-order valence-corrected chi connectivity index (χ3v) is 4.50. The van der Waals surface area contributed by atoms with Crippen LogP contribution in [0.15, 0.2) is 0 Å². The Balaban J connectivity index is 2.05. The molecule has 0 radical (unpaired) electrons. The second kappa shape index (κ2) is 9.64. The molecule has 0 aromatic rings. The predicted octanol–water partition coefficient (Wildman–Crippen LogP) is -1.61. The first-order valence-electron chi connectivity index (χ1n) is 7.12. The fourth-order valence-electron chi connectivity index (χ4n) is 1.87. The Hall–Kier alpha value is -0.250. The number of likely N-dealkylation sites (N-methyl/N-ethyl adjacent to an activating group) is 1. The Morgan fingerprint density at radius 3 is 2.60 bits per heavy atom. The predicted molar refractivity (Wildman–Crippen MR) is 80.5 cm³/mol. The molecule has 8 heteroatoms. The molecule has 120 valence electrons. The third kappa shape index (κ3) is 8.83. The molecule has 0 aliphatic carbocycles. The van der Waals surface area contributed by atoms with E-state index in [2.05, 4.69) is 14.9 Å². The summed E-state index contributed by atoms with van der Waals surface area (Å²) in [5.41, 5.74) is 0. The van der Waals surface area contributed by atoms with E-state index in [4.69, 9.17) is 4.74 Å². The lowest BCUT2D eigenvalue weighted by atomic mass is 10.4. The molecular weight excluding hydrogens is 280 g/mol. The monoisotopic (exact) mass is 308 g/mol. The highest BCUT2D eigenvalue weighted by Crippen LogP contribution is 1.94. The molecular formula is C12H28N4O3S. The second-order valence-corrected chi connectivity index (χ2v) is 7.15. The van der Waals surface area contributed by atoms with Crippen molar-refractivity contribution in [3.63, 3.8) is 0 Å². The summed E-state index contributed by atoms with van der Waals surface area (Å²) in [5, 5.41) is 3.25. The molecule has 20 heavy (non-hydrogen) atoms. The van der Waals surface area contributed by atoms with Gasteiger partial charge in [-0.1, -0.05) is 0 Å². The number of nitrogens with one attached hydrogen (secondary N) is 2. The molecule has 0 aromatic heterocycles. The van der Waals surface area contributed by atoms with Crippen molar-refractivity contribution in [1.29, 1.82) is 0 Å². The Morgan fingerprint density at radius 2 is 1.95 bits per heavy atom. The highest BCUT2D eigenvalue weighted by Gasteiger charge is 2.14. The van der Waals surface area contributed by atoms with Crippen molar-refractivity contribution in [2.75, 3.05) is 78.9 Å². The maximum Gasteiger partial charge on any atom is 0.212 e. The molecule has 0 bridgehead atoms. The molecule has 0 spiro atoms. The lowest BCUT2D eigenvalue weighted by Gasteiger charge is -2.26. The first-order valence-corrected chi connectivity index (χ1v) is 8.78. The van der Waals surface area contributed by atoms with Gasteiger partial charge in [-0.25, -0.2) is 13.1 Å². The van der Waals surface area contributed by atoms with Gasteiger partial charge in [-0.15, -0.1) is 0 Å². The van der Waals surface area contributed by atoms with Crippen molar-refractivity contribution in [2.45, 2.75) is 0 Å². The first kappa shape index (κ1) is 17.8. The first-order chi connectivity index (χ1) is 9.49. The molecule has 0 unspecified atom stereocenters. The van der Waals surface area contributed by atoms with E-state index in [0.717, 1.165) is 32.7 Å². The van der Waals surface area contributed by atoms with Crippen molar-refractivity contribution in [1.82, 2.24) is 19.8 Å². The maximum atomic E-state index is 11.8. The molecule has 0 aromatic carbocycles. The summed E-state index contributed by atoms with van der Waals surface area (Å²) in [6.45, 7) is 6.54. The van der Waals surface area contributed by atoms with Gasteiger partial charge >= 0.3 is 0 Å². The topological polar surface area (TPSA) is 73.9 Å². The summed E-state index contributed by atoms with van der Waals surface area (Å²) < 4.78 is 31.5. The van der Waals surface area contributed by atoms with Gasteiger partial charge in [0.2, 0.25) is 10.0 Å². The lowest BCUT2D eigenvalue weighted by molar-refractivity contribution is 0.122. The van der Waals surface area contributed by atoms with Crippen LogP contribution >= 0.6 is 0 Å². The van der Waals surface area contributed by atoms with E-state index in [1.807, 2.05) is 19.0 Å². The summed E-state index contributed by atoms with van der Waals surface area (Å²) in [6.07, 6.45) is 0. The summed E-state index contributed by atoms with van der Waals surface area (Å²) in [4.78, 5) is 4.20. The van der Waals surface area contributed by atoms with Gasteiger partial charge in [-0.3, -0.25) is 4.90 Å². The number of nitrogens with zero attached hydrogens (tertiary/aromatic N) is 2. The average Bonchev–Trinajstić information content (AvgIpc) is 2.41. The second-order valence-electron chi connectivity index (χ2n) is 5.22. The van der Waals surface area contributed by atoms with E-state index in [0.29, 0.717) is 26.3 Å². The summed E-state index contributed by atoms with van der Waals surface area (Å²) >= 11 is 0. The number of piperazine rings is 1. The van der Waals surface area contributed by atoms with Gasteiger partial charge in [0.25, 0.3) is 0 Å². The van der Waals surface area contributed by atoms with Crippen LogP contribution in [0.4, 0.5) is 0 Å². The molecule has 0 saturated carbocycles.